The van der Waals surface area contributed by atoms with E-state index in [4.69, 9.17) is 21.1 Å². The monoisotopic (exact) mass is 281 g/mol. The van der Waals surface area contributed by atoms with Crippen molar-refractivity contribution in [3.8, 4) is 0 Å². The fourth-order valence-corrected chi connectivity index (χ4v) is 1.18. The van der Waals surface area contributed by atoms with Gasteiger partial charge in [0.25, 0.3) is 0 Å². The zero-order valence-corrected chi connectivity index (χ0v) is 11.9. The SMILES string of the molecule is COC(CNC(=O)OC(C)(C)C)CC(=O)OCCl. The Balaban J connectivity index is 4.00. The van der Waals surface area contributed by atoms with Crippen molar-refractivity contribution in [1.82, 2.24) is 5.32 Å². The Morgan fingerprint density at radius 3 is 2.39 bits per heavy atom. The molecule has 1 N–H and O–H groups in total. The molecule has 7 heteroatoms. The lowest BCUT2D eigenvalue weighted by Crippen LogP contribution is -2.38. The molecule has 0 heterocycles. The third-order valence-corrected chi connectivity index (χ3v) is 1.93. The Bertz CT molecular complexity index is 277. The van der Waals surface area contributed by atoms with E-state index in [-0.39, 0.29) is 19.0 Å². The largest absolute Gasteiger partial charge is 0.449 e. The first-order valence-corrected chi connectivity index (χ1v) is 6.03. The van der Waals surface area contributed by atoms with Crippen LogP contribution in [0.15, 0.2) is 0 Å². The molecule has 0 aliphatic heterocycles. The van der Waals surface area contributed by atoms with Crippen LogP contribution in [-0.2, 0) is 19.0 Å². The average molecular weight is 282 g/mol. The van der Waals surface area contributed by atoms with Crippen LogP contribution >= 0.6 is 11.6 Å². The number of nitrogens with one attached hydrogen (secondary N) is 1. The van der Waals surface area contributed by atoms with Crippen molar-refractivity contribution in [2.75, 3.05) is 19.7 Å². The van der Waals surface area contributed by atoms with Gasteiger partial charge in [-0.2, -0.15) is 0 Å². The summed E-state index contributed by atoms with van der Waals surface area (Å²) in [5, 5.41) is 2.51. The molecule has 0 rings (SSSR count). The Morgan fingerprint density at radius 1 is 1.33 bits per heavy atom. The minimum Gasteiger partial charge on any atom is -0.449 e. The van der Waals surface area contributed by atoms with Gasteiger partial charge in [0.05, 0.1) is 12.5 Å². The van der Waals surface area contributed by atoms with Gasteiger partial charge >= 0.3 is 12.1 Å². The quantitative estimate of drug-likeness (QED) is 0.592. The van der Waals surface area contributed by atoms with Crippen LogP contribution in [0.4, 0.5) is 4.79 Å². The molecule has 6 nitrogen and oxygen atoms in total. The molecule has 0 aromatic heterocycles. The first-order valence-electron chi connectivity index (χ1n) is 5.49. The predicted octanol–water partition coefficient (Wildman–Crippen LogP) is 1.66. The normalized spacial score (nSPS) is 12.7. The van der Waals surface area contributed by atoms with Gasteiger partial charge in [-0.1, -0.05) is 11.6 Å². The van der Waals surface area contributed by atoms with Crippen LogP contribution in [0.3, 0.4) is 0 Å². The number of carbonyl (C=O) groups excluding carboxylic acids is 2. The third kappa shape index (κ3) is 9.07. The second-order valence-corrected chi connectivity index (χ2v) is 4.79. The van der Waals surface area contributed by atoms with Crippen molar-refractivity contribution < 1.29 is 23.8 Å². The highest BCUT2D eigenvalue weighted by Gasteiger charge is 2.19. The van der Waals surface area contributed by atoms with E-state index in [0.29, 0.717) is 0 Å². The number of rotatable bonds is 6. The van der Waals surface area contributed by atoms with Crippen molar-refractivity contribution in [3.63, 3.8) is 0 Å². The van der Waals surface area contributed by atoms with Crippen LogP contribution in [-0.4, -0.2) is 43.5 Å². The first-order chi connectivity index (χ1) is 8.28. The van der Waals surface area contributed by atoms with Gasteiger partial charge in [-0.3, -0.25) is 4.79 Å². The van der Waals surface area contributed by atoms with Crippen molar-refractivity contribution in [2.24, 2.45) is 0 Å². The van der Waals surface area contributed by atoms with Crippen LogP contribution in [0.25, 0.3) is 0 Å². The molecule has 1 unspecified atom stereocenters. The zero-order chi connectivity index (χ0) is 14.2. The summed E-state index contributed by atoms with van der Waals surface area (Å²) in [4.78, 5) is 22.5. The average Bonchev–Trinajstić information content (AvgIpc) is 2.22. The van der Waals surface area contributed by atoms with Crippen molar-refractivity contribution in [2.45, 2.75) is 38.9 Å². The first kappa shape index (κ1) is 17.0. The van der Waals surface area contributed by atoms with Gasteiger partial charge in [0.2, 0.25) is 0 Å². The summed E-state index contributed by atoms with van der Waals surface area (Å²) in [5.41, 5.74) is -0.565. The van der Waals surface area contributed by atoms with Crippen LogP contribution in [0.2, 0.25) is 0 Å². The van der Waals surface area contributed by atoms with Crippen LogP contribution < -0.4 is 5.32 Å². The van der Waals surface area contributed by atoms with Gasteiger partial charge in [0, 0.05) is 13.7 Å². The fourth-order valence-electron chi connectivity index (χ4n) is 1.06. The predicted molar refractivity (Wildman–Crippen MR) is 66.5 cm³/mol. The topological polar surface area (TPSA) is 73.9 Å². The van der Waals surface area contributed by atoms with E-state index in [1.807, 2.05) is 0 Å². The summed E-state index contributed by atoms with van der Waals surface area (Å²) in [6.07, 6.45) is -1.03. The molecule has 18 heavy (non-hydrogen) atoms. The number of hydrogen-bond acceptors (Lipinski definition) is 5. The Morgan fingerprint density at radius 2 is 1.94 bits per heavy atom. The van der Waals surface area contributed by atoms with Gasteiger partial charge in [0.1, 0.15) is 5.60 Å². The Labute approximate surface area is 112 Å². The maximum atomic E-state index is 11.4. The number of carbonyl (C=O) groups is 2. The molecule has 0 radical (unpaired) electrons. The van der Waals surface area contributed by atoms with Gasteiger partial charge in [-0.15, -0.1) is 0 Å². The van der Waals surface area contributed by atoms with Crippen LogP contribution in [0.5, 0.6) is 0 Å². The molecule has 1 amide bonds. The van der Waals surface area contributed by atoms with Crippen LogP contribution in [0, 0.1) is 0 Å². The van der Waals surface area contributed by atoms with E-state index >= 15 is 0 Å². The standard InChI is InChI=1S/C11H20ClNO5/c1-11(2,3)18-10(15)13-6-8(16-4)5-9(14)17-7-12/h8H,5-7H2,1-4H3,(H,13,15). The molecule has 0 aliphatic rings. The third-order valence-electron chi connectivity index (χ3n) is 1.82. The Hall–Kier alpha value is -1.01. The van der Waals surface area contributed by atoms with Gasteiger partial charge in [0.15, 0.2) is 6.07 Å². The molecule has 0 bridgehead atoms. The van der Waals surface area contributed by atoms with Crippen LogP contribution in [0.1, 0.15) is 27.2 Å². The zero-order valence-electron chi connectivity index (χ0n) is 11.1. The van der Waals surface area contributed by atoms with E-state index < -0.39 is 23.8 Å². The molecule has 0 aliphatic carbocycles. The summed E-state index contributed by atoms with van der Waals surface area (Å²) in [7, 11) is 1.44. The lowest BCUT2D eigenvalue weighted by Gasteiger charge is -2.21. The molecule has 106 valence electrons. The Kier molecular flexibility index (Phi) is 7.70. The van der Waals surface area contributed by atoms with E-state index in [1.165, 1.54) is 7.11 Å². The lowest BCUT2D eigenvalue weighted by atomic mass is 10.2. The number of hydrogen-bond donors (Lipinski definition) is 1. The number of methoxy groups -OCH3 is 1. The molecule has 0 aromatic carbocycles. The second kappa shape index (κ2) is 8.16. The molecule has 0 saturated carbocycles. The summed E-state index contributed by atoms with van der Waals surface area (Å²) in [5.74, 6) is -0.483. The second-order valence-electron chi connectivity index (χ2n) is 4.57. The maximum absolute atomic E-state index is 11.4. The van der Waals surface area contributed by atoms with Crippen molar-refractivity contribution in [3.05, 3.63) is 0 Å². The van der Waals surface area contributed by atoms with Gasteiger partial charge < -0.3 is 19.5 Å². The lowest BCUT2D eigenvalue weighted by molar-refractivity contribution is -0.144. The minimum atomic E-state index is -0.565. The molecular formula is C11H20ClNO5. The molecule has 0 spiro atoms. The van der Waals surface area contributed by atoms with E-state index in [9.17, 15) is 9.59 Å². The summed E-state index contributed by atoms with van der Waals surface area (Å²) < 4.78 is 14.6. The molecule has 1 atom stereocenters. The highest BCUT2D eigenvalue weighted by Crippen LogP contribution is 2.06. The van der Waals surface area contributed by atoms with Gasteiger partial charge in [-0.05, 0) is 20.8 Å². The smallest absolute Gasteiger partial charge is 0.407 e. The summed E-state index contributed by atoms with van der Waals surface area (Å²) in [6, 6.07) is -0.200. The number of halogens is 1. The minimum absolute atomic E-state index is 0.0129. The van der Waals surface area contributed by atoms with Crippen molar-refractivity contribution in [1.29, 1.82) is 0 Å². The summed E-state index contributed by atoms with van der Waals surface area (Å²) in [6.45, 7) is 5.44. The van der Waals surface area contributed by atoms with Crippen molar-refractivity contribution >= 4 is 23.7 Å². The molecular weight excluding hydrogens is 262 g/mol. The number of esters is 1. The summed E-state index contributed by atoms with van der Waals surface area (Å²) >= 11 is 5.25. The van der Waals surface area contributed by atoms with E-state index in [1.54, 1.807) is 20.8 Å². The number of alkyl halides is 1. The van der Waals surface area contributed by atoms with Gasteiger partial charge in [-0.25, -0.2) is 4.79 Å². The molecule has 0 saturated heterocycles. The highest BCUT2D eigenvalue weighted by molar-refractivity contribution is 6.17. The number of alkyl carbamates (subject to hydrolysis) is 1. The fraction of sp³-hybridized carbons (Fsp3) is 0.818. The number of ether oxygens (including phenoxy) is 3. The van der Waals surface area contributed by atoms with E-state index in [0.717, 1.165) is 0 Å². The number of amides is 1. The molecule has 0 fully saturated rings. The van der Waals surface area contributed by atoms with E-state index in [2.05, 4.69) is 10.1 Å². The molecule has 0 aromatic rings. The maximum Gasteiger partial charge on any atom is 0.407 e. The highest BCUT2D eigenvalue weighted by atomic mass is 35.5.